The van der Waals surface area contributed by atoms with Crippen LogP contribution in [0.1, 0.15) is 30.1 Å². The summed E-state index contributed by atoms with van der Waals surface area (Å²) in [4.78, 5) is 13.3. The number of hydrogen-bond donors (Lipinski definition) is 3. The minimum Gasteiger partial charge on any atom is -0.396 e. The van der Waals surface area contributed by atoms with E-state index in [9.17, 15) is 4.79 Å². The van der Waals surface area contributed by atoms with Gasteiger partial charge in [0.2, 0.25) is 0 Å². The van der Waals surface area contributed by atoms with E-state index < -0.39 is 0 Å². The van der Waals surface area contributed by atoms with Crippen LogP contribution in [0.4, 0.5) is 17.1 Å². The van der Waals surface area contributed by atoms with Gasteiger partial charge in [-0.1, -0.05) is 6.92 Å². The third kappa shape index (κ3) is 3.28. The lowest BCUT2D eigenvalue weighted by Gasteiger charge is -2.36. The molecule has 0 aromatic heterocycles. The fourth-order valence-corrected chi connectivity index (χ4v) is 2.95. The second-order valence-corrected chi connectivity index (χ2v) is 5.48. The molecule has 0 atom stereocenters. The Labute approximate surface area is 126 Å². The molecule has 1 fully saturated rings. The minimum absolute atomic E-state index is 0.446. The number of hydrogen-bond acceptors (Lipinski definition) is 6. The molecule has 1 heterocycles. The number of hydrazine groups is 1. The number of carbonyl (C=O) groups is 1. The van der Waals surface area contributed by atoms with Gasteiger partial charge in [-0.05, 0) is 31.5 Å². The van der Waals surface area contributed by atoms with Gasteiger partial charge in [0, 0.05) is 31.7 Å². The predicted octanol–water partition coefficient (Wildman–Crippen LogP) is 0.970. The van der Waals surface area contributed by atoms with Gasteiger partial charge in [0.05, 0.1) is 17.1 Å². The van der Waals surface area contributed by atoms with Crippen LogP contribution in [-0.2, 0) is 0 Å². The first-order valence-corrected chi connectivity index (χ1v) is 7.42. The Hall–Kier alpha value is -1.79. The Kier molecular flexibility index (Phi) is 5.03. The Bertz CT molecular complexity index is 495. The first kappa shape index (κ1) is 15.6. The van der Waals surface area contributed by atoms with Crippen molar-refractivity contribution in [3.8, 4) is 0 Å². The van der Waals surface area contributed by atoms with E-state index in [4.69, 9.17) is 11.6 Å². The molecule has 1 aromatic carbocycles. The van der Waals surface area contributed by atoms with Crippen molar-refractivity contribution in [1.29, 1.82) is 0 Å². The summed E-state index contributed by atoms with van der Waals surface area (Å²) >= 11 is 0. The van der Waals surface area contributed by atoms with Crippen LogP contribution in [0.2, 0.25) is 0 Å². The Morgan fingerprint density at radius 2 is 2.10 bits per heavy atom. The molecule has 1 saturated heterocycles. The number of carbonyl (C=O) groups excluding carboxylic acids is 1. The molecule has 0 saturated carbocycles. The average molecular weight is 291 g/mol. The smallest absolute Gasteiger partial charge is 0.152 e. The monoisotopic (exact) mass is 291 g/mol. The number of nitrogens with zero attached hydrogens (tertiary/aromatic N) is 2. The van der Waals surface area contributed by atoms with Crippen molar-refractivity contribution in [2.24, 2.45) is 5.84 Å². The molecule has 0 spiro atoms. The largest absolute Gasteiger partial charge is 0.396 e. The fraction of sp³-hybridized carbons (Fsp3) is 0.533. The zero-order valence-electron chi connectivity index (χ0n) is 12.8. The van der Waals surface area contributed by atoms with Crippen molar-refractivity contribution < 1.29 is 4.79 Å². The van der Waals surface area contributed by atoms with E-state index >= 15 is 0 Å². The lowest BCUT2D eigenvalue weighted by Crippen LogP contribution is -2.43. The maximum atomic E-state index is 11.0. The molecule has 2 rings (SSSR count). The second-order valence-electron chi connectivity index (χ2n) is 5.48. The molecule has 0 amide bonds. The lowest BCUT2D eigenvalue weighted by molar-refractivity contribution is 0.112. The van der Waals surface area contributed by atoms with E-state index in [1.165, 1.54) is 5.01 Å². The van der Waals surface area contributed by atoms with E-state index in [-0.39, 0.29) is 0 Å². The van der Waals surface area contributed by atoms with Crippen molar-refractivity contribution in [1.82, 2.24) is 5.32 Å². The third-order valence-electron chi connectivity index (χ3n) is 4.04. The Morgan fingerprint density at radius 3 is 2.62 bits per heavy atom. The zero-order valence-corrected chi connectivity index (χ0v) is 12.8. The number of nitrogens with one attached hydrogen (secondary N) is 1. The molecule has 5 N–H and O–H groups in total. The lowest BCUT2D eigenvalue weighted by atomic mass is 10.0. The number of rotatable bonds is 5. The van der Waals surface area contributed by atoms with Crippen LogP contribution in [0, 0.1) is 0 Å². The Morgan fingerprint density at radius 1 is 1.43 bits per heavy atom. The summed E-state index contributed by atoms with van der Waals surface area (Å²) in [5, 5.41) is 4.98. The van der Waals surface area contributed by atoms with E-state index in [1.54, 1.807) is 13.1 Å². The van der Waals surface area contributed by atoms with Crippen molar-refractivity contribution in [2.45, 2.75) is 25.8 Å². The zero-order chi connectivity index (χ0) is 15.4. The van der Waals surface area contributed by atoms with Gasteiger partial charge in [-0.3, -0.25) is 4.79 Å². The van der Waals surface area contributed by atoms with Crippen LogP contribution < -0.4 is 26.8 Å². The molecule has 6 heteroatoms. The molecular weight excluding hydrogens is 266 g/mol. The summed E-state index contributed by atoms with van der Waals surface area (Å²) in [5.41, 5.74) is 8.73. The van der Waals surface area contributed by atoms with Crippen LogP contribution >= 0.6 is 0 Å². The Balaban J connectivity index is 2.24. The predicted molar refractivity (Wildman–Crippen MR) is 87.7 cm³/mol. The average Bonchev–Trinajstić information content (AvgIpc) is 2.47. The first-order valence-electron chi connectivity index (χ1n) is 7.42. The van der Waals surface area contributed by atoms with Crippen molar-refractivity contribution in [3.63, 3.8) is 0 Å². The molecule has 0 unspecified atom stereocenters. The molecule has 0 radical (unpaired) electrons. The van der Waals surface area contributed by atoms with Crippen LogP contribution in [0.3, 0.4) is 0 Å². The number of anilines is 3. The van der Waals surface area contributed by atoms with E-state index in [0.717, 1.165) is 50.1 Å². The van der Waals surface area contributed by atoms with Crippen LogP contribution in [-0.4, -0.2) is 39.0 Å². The summed E-state index contributed by atoms with van der Waals surface area (Å²) in [6.07, 6.45) is 2.96. The number of nitrogen functional groups attached to an aromatic ring is 1. The van der Waals surface area contributed by atoms with Gasteiger partial charge >= 0.3 is 0 Å². The molecule has 1 aromatic rings. The van der Waals surface area contributed by atoms with E-state index in [1.807, 2.05) is 6.07 Å². The highest BCUT2D eigenvalue weighted by Crippen LogP contribution is 2.36. The topological polar surface area (TPSA) is 87.6 Å². The molecule has 1 aliphatic rings. The van der Waals surface area contributed by atoms with Crippen molar-refractivity contribution >= 4 is 23.3 Å². The molecule has 116 valence electrons. The van der Waals surface area contributed by atoms with Crippen LogP contribution in [0.5, 0.6) is 0 Å². The molecule has 0 bridgehead atoms. The fourth-order valence-electron chi connectivity index (χ4n) is 2.95. The van der Waals surface area contributed by atoms with E-state index in [2.05, 4.69) is 17.1 Å². The van der Waals surface area contributed by atoms with Gasteiger partial charge in [0.1, 0.15) is 0 Å². The first-order chi connectivity index (χ1) is 10.1. The molecule has 6 nitrogen and oxygen atoms in total. The highest BCUT2D eigenvalue weighted by molar-refractivity contribution is 5.94. The van der Waals surface area contributed by atoms with E-state index in [0.29, 0.717) is 17.3 Å². The standard InChI is InChI=1S/C15H25N5O/c1-3-18-12-6-8-20(9-7-12)13-5-4-11(10-21)14(16)15(13)19(2)17/h4-5,10,12,18H,3,6-9,16-17H2,1-2H3. The highest BCUT2D eigenvalue weighted by Gasteiger charge is 2.23. The summed E-state index contributed by atoms with van der Waals surface area (Å²) in [6, 6.07) is 4.28. The third-order valence-corrected chi connectivity index (χ3v) is 4.04. The van der Waals surface area contributed by atoms with Gasteiger partial charge in [0.15, 0.2) is 6.29 Å². The number of nitrogens with two attached hydrogens (primary N) is 2. The normalized spacial score (nSPS) is 16.0. The maximum absolute atomic E-state index is 11.0. The highest BCUT2D eigenvalue weighted by atomic mass is 16.1. The maximum Gasteiger partial charge on any atom is 0.152 e. The number of piperidine rings is 1. The molecule has 0 aliphatic carbocycles. The van der Waals surface area contributed by atoms with Gasteiger partial charge in [-0.25, -0.2) is 5.84 Å². The summed E-state index contributed by atoms with van der Waals surface area (Å²) in [6.45, 7) is 5.05. The summed E-state index contributed by atoms with van der Waals surface area (Å²) in [7, 11) is 1.75. The SMILES string of the molecule is CCNC1CCN(c2ccc(C=O)c(N)c2N(C)N)CC1. The summed E-state index contributed by atoms with van der Waals surface area (Å²) < 4.78 is 0. The number of benzene rings is 1. The minimum atomic E-state index is 0.446. The second kappa shape index (κ2) is 6.78. The van der Waals surface area contributed by atoms with Gasteiger partial charge in [0.25, 0.3) is 0 Å². The van der Waals surface area contributed by atoms with Crippen molar-refractivity contribution in [2.75, 3.05) is 42.3 Å². The quantitative estimate of drug-likeness (QED) is 0.324. The molecule has 1 aliphatic heterocycles. The summed E-state index contributed by atoms with van der Waals surface area (Å²) in [5.74, 6) is 5.92. The van der Waals surface area contributed by atoms with Gasteiger partial charge < -0.3 is 21.0 Å². The van der Waals surface area contributed by atoms with Crippen LogP contribution in [0.15, 0.2) is 12.1 Å². The van der Waals surface area contributed by atoms with Crippen molar-refractivity contribution in [3.05, 3.63) is 17.7 Å². The molecule has 21 heavy (non-hydrogen) atoms. The van der Waals surface area contributed by atoms with Crippen LogP contribution in [0.25, 0.3) is 0 Å². The van der Waals surface area contributed by atoms with Gasteiger partial charge in [-0.2, -0.15) is 0 Å². The molecular formula is C15H25N5O. The van der Waals surface area contributed by atoms with Gasteiger partial charge in [-0.15, -0.1) is 0 Å². The number of aldehydes is 1.